The van der Waals surface area contributed by atoms with Crippen LogP contribution in [0.4, 0.5) is 18.9 Å². The van der Waals surface area contributed by atoms with Crippen LogP contribution in [0.25, 0.3) is 0 Å². The highest BCUT2D eigenvalue weighted by Crippen LogP contribution is 2.44. The van der Waals surface area contributed by atoms with E-state index >= 15 is 0 Å². The highest BCUT2D eigenvalue weighted by Gasteiger charge is 2.38. The molecule has 0 aliphatic heterocycles. The van der Waals surface area contributed by atoms with Crippen LogP contribution in [0.3, 0.4) is 0 Å². The molecule has 0 amide bonds. The van der Waals surface area contributed by atoms with Crippen LogP contribution in [-0.4, -0.2) is 27.3 Å². The molecular formula is C11H12F3NO4. The van der Waals surface area contributed by atoms with E-state index in [9.17, 15) is 18.0 Å². The van der Waals surface area contributed by atoms with Gasteiger partial charge in [-0.2, -0.15) is 13.2 Å². The van der Waals surface area contributed by atoms with E-state index < -0.39 is 29.0 Å². The molecule has 5 nitrogen and oxygen atoms in total. The molecule has 0 radical (unpaired) electrons. The monoisotopic (exact) mass is 279 g/mol. The van der Waals surface area contributed by atoms with Crippen molar-refractivity contribution in [1.29, 1.82) is 0 Å². The first kappa shape index (κ1) is 14.9. The summed E-state index contributed by atoms with van der Waals surface area (Å²) in [6.07, 6.45) is -4.73. The van der Waals surface area contributed by atoms with Crippen LogP contribution in [0.5, 0.6) is 11.5 Å². The van der Waals surface area contributed by atoms with E-state index in [4.69, 9.17) is 15.2 Å². The van der Waals surface area contributed by atoms with Crippen LogP contribution in [0, 0.1) is 0 Å². The Labute approximate surface area is 107 Å². The summed E-state index contributed by atoms with van der Waals surface area (Å²) in [4.78, 5) is 11.6. The zero-order chi connectivity index (χ0) is 14.8. The lowest BCUT2D eigenvalue weighted by Gasteiger charge is -2.18. The average Bonchev–Trinajstić information content (AvgIpc) is 2.35. The Kier molecular flexibility index (Phi) is 4.13. The Bertz CT molecular complexity index is 500. The first-order valence-corrected chi connectivity index (χ1v) is 4.97. The fraction of sp³-hybridized carbons (Fsp3) is 0.364. The molecule has 0 saturated carbocycles. The minimum Gasteiger partial charge on any atom is -0.493 e. The molecular weight excluding hydrogens is 267 g/mol. The van der Waals surface area contributed by atoms with E-state index in [0.717, 1.165) is 14.2 Å². The predicted octanol–water partition coefficient (Wildman–Crippen LogP) is 2.09. The zero-order valence-electron chi connectivity index (χ0n) is 10.4. The van der Waals surface area contributed by atoms with Gasteiger partial charge < -0.3 is 19.9 Å². The summed E-state index contributed by atoms with van der Waals surface area (Å²) in [5.74, 6) is -1.51. The normalized spacial score (nSPS) is 11.1. The van der Waals surface area contributed by atoms with E-state index in [1.54, 1.807) is 0 Å². The number of hydrogen-bond acceptors (Lipinski definition) is 5. The van der Waals surface area contributed by atoms with E-state index in [2.05, 4.69) is 4.74 Å². The largest absolute Gasteiger partial charge is 0.493 e. The molecule has 0 bridgehead atoms. The molecule has 1 rings (SSSR count). The van der Waals surface area contributed by atoms with Crippen molar-refractivity contribution in [3.8, 4) is 11.5 Å². The molecule has 0 aliphatic rings. The molecule has 0 unspecified atom stereocenters. The Balaban J connectivity index is 3.70. The number of alkyl halides is 3. The molecule has 0 heterocycles. The second kappa shape index (κ2) is 5.25. The lowest BCUT2D eigenvalue weighted by molar-refractivity contribution is -0.137. The van der Waals surface area contributed by atoms with E-state index in [1.165, 1.54) is 7.11 Å². The summed E-state index contributed by atoms with van der Waals surface area (Å²) in [6.45, 7) is 0. The molecule has 0 aliphatic carbocycles. The molecule has 0 saturated heterocycles. The van der Waals surface area contributed by atoms with Crippen LogP contribution in [0.15, 0.2) is 6.07 Å². The SMILES string of the molecule is COC(=O)c1c(N)c(C(F)(F)F)cc(OC)c1OC. The van der Waals surface area contributed by atoms with Crippen molar-refractivity contribution in [3.05, 3.63) is 17.2 Å². The second-order valence-corrected chi connectivity index (χ2v) is 3.44. The molecule has 0 spiro atoms. The highest BCUT2D eigenvalue weighted by molar-refractivity contribution is 6.00. The average molecular weight is 279 g/mol. The molecule has 2 N–H and O–H groups in total. The topological polar surface area (TPSA) is 70.8 Å². The summed E-state index contributed by atoms with van der Waals surface area (Å²) in [5, 5.41) is 0. The minimum atomic E-state index is -4.73. The Morgan fingerprint density at radius 3 is 2.16 bits per heavy atom. The molecule has 106 valence electrons. The third kappa shape index (κ3) is 2.67. The van der Waals surface area contributed by atoms with Crippen LogP contribution in [0.1, 0.15) is 15.9 Å². The summed E-state index contributed by atoms with van der Waals surface area (Å²) in [6, 6.07) is 0.667. The van der Waals surface area contributed by atoms with Crippen molar-refractivity contribution in [2.45, 2.75) is 6.18 Å². The molecule has 0 aromatic heterocycles. The van der Waals surface area contributed by atoms with Crippen LogP contribution >= 0.6 is 0 Å². The minimum absolute atomic E-state index is 0.208. The Morgan fingerprint density at radius 2 is 1.79 bits per heavy atom. The van der Waals surface area contributed by atoms with Gasteiger partial charge in [0, 0.05) is 0 Å². The first-order valence-electron chi connectivity index (χ1n) is 4.97. The molecule has 8 heteroatoms. The quantitative estimate of drug-likeness (QED) is 0.677. The predicted molar refractivity (Wildman–Crippen MR) is 60.3 cm³/mol. The lowest BCUT2D eigenvalue weighted by atomic mass is 10.0. The van der Waals surface area contributed by atoms with Gasteiger partial charge in [0.2, 0.25) is 0 Å². The lowest BCUT2D eigenvalue weighted by Crippen LogP contribution is -2.16. The van der Waals surface area contributed by atoms with E-state index in [0.29, 0.717) is 6.07 Å². The van der Waals surface area contributed by atoms with Crippen molar-refractivity contribution in [2.24, 2.45) is 0 Å². The van der Waals surface area contributed by atoms with E-state index in [1.807, 2.05) is 0 Å². The number of carbonyl (C=O) groups is 1. The maximum Gasteiger partial charge on any atom is 0.418 e. The fourth-order valence-electron chi connectivity index (χ4n) is 1.55. The maximum absolute atomic E-state index is 12.8. The molecule has 0 atom stereocenters. The van der Waals surface area contributed by atoms with Gasteiger partial charge in [-0.05, 0) is 6.07 Å². The number of benzene rings is 1. The standard InChI is InChI=1S/C11H12F3NO4/c1-17-6-4-5(11(12,13)14)8(15)7(9(6)18-2)10(16)19-3/h4H,15H2,1-3H3. The molecule has 19 heavy (non-hydrogen) atoms. The van der Waals surface area contributed by atoms with Gasteiger partial charge in [-0.3, -0.25) is 0 Å². The number of nitrogen functional groups attached to an aromatic ring is 1. The third-order valence-corrected chi connectivity index (χ3v) is 2.40. The van der Waals surface area contributed by atoms with Crippen molar-refractivity contribution in [1.82, 2.24) is 0 Å². The van der Waals surface area contributed by atoms with Crippen LogP contribution in [0.2, 0.25) is 0 Å². The van der Waals surface area contributed by atoms with Gasteiger partial charge in [-0.1, -0.05) is 0 Å². The first-order chi connectivity index (χ1) is 8.77. The Hall–Kier alpha value is -2.12. The highest BCUT2D eigenvalue weighted by atomic mass is 19.4. The summed E-state index contributed by atoms with van der Waals surface area (Å²) in [7, 11) is 3.35. The molecule has 0 fully saturated rings. The van der Waals surface area contributed by atoms with Gasteiger partial charge in [-0.25, -0.2) is 4.79 Å². The third-order valence-electron chi connectivity index (χ3n) is 2.40. The van der Waals surface area contributed by atoms with Gasteiger partial charge in [0.15, 0.2) is 11.5 Å². The van der Waals surface area contributed by atoms with Crippen LogP contribution < -0.4 is 15.2 Å². The summed E-state index contributed by atoms with van der Waals surface area (Å²) < 4.78 is 52.5. The van der Waals surface area contributed by atoms with Gasteiger partial charge in [0.25, 0.3) is 0 Å². The number of ether oxygens (including phenoxy) is 3. The molecule has 1 aromatic rings. The summed E-state index contributed by atoms with van der Waals surface area (Å²) >= 11 is 0. The Morgan fingerprint density at radius 1 is 1.21 bits per heavy atom. The number of halogens is 3. The number of esters is 1. The second-order valence-electron chi connectivity index (χ2n) is 3.44. The van der Waals surface area contributed by atoms with E-state index in [-0.39, 0.29) is 11.5 Å². The number of methoxy groups -OCH3 is 3. The number of carbonyl (C=O) groups excluding carboxylic acids is 1. The van der Waals surface area contributed by atoms with Gasteiger partial charge in [0.1, 0.15) is 5.56 Å². The number of rotatable bonds is 3. The van der Waals surface area contributed by atoms with Crippen LogP contribution in [-0.2, 0) is 10.9 Å². The van der Waals surface area contributed by atoms with Crippen molar-refractivity contribution in [2.75, 3.05) is 27.1 Å². The number of hydrogen-bond donors (Lipinski definition) is 1. The maximum atomic E-state index is 12.8. The molecule has 1 aromatic carbocycles. The zero-order valence-corrected chi connectivity index (χ0v) is 10.4. The fourth-order valence-corrected chi connectivity index (χ4v) is 1.55. The smallest absolute Gasteiger partial charge is 0.418 e. The number of nitrogens with two attached hydrogens (primary N) is 1. The van der Waals surface area contributed by atoms with Gasteiger partial charge in [0.05, 0.1) is 32.6 Å². The van der Waals surface area contributed by atoms with Gasteiger partial charge >= 0.3 is 12.1 Å². The van der Waals surface area contributed by atoms with Crippen molar-refractivity contribution < 1.29 is 32.2 Å². The van der Waals surface area contributed by atoms with Gasteiger partial charge in [-0.15, -0.1) is 0 Å². The number of anilines is 1. The van der Waals surface area contributed by atoms with Crippen molar-refractivity contribution in [3.63, 3.8) is 0 Å². The summed E-state index contributed by atoms with van der Waals surface area (Å²) in [5.41, 5.74) is 2.92. The van der Waals surface area contributed by atoms with Crippen molar-refractivity contribution >= 4 is 11.7 Å².